The smallest absolute Gasteiger partial charge is 0.404 e. The summed E-state index contributed by atoms with van der Waals surface area (Å²) in [5.41, 5.74) is 6.72. The molecule has 2 unspecified atom stereocenters. The molecule has 27 heavy (non-hydrogen) atoms. The van der Waals surface area contributed by atoms with Crippen LogP contribution in [0.4, 0.5) is 21.0 Å². The lowest BCUT2D eigenvalue weighted by Gasteiger charge is -2.38. The summed E-state index contributed by atoms with van der Waals surface area (Å²) >= 11 is 0. The Balaban J connectivity index is 1.94. The lowest BCUT2D eigenvalue weighted by atomic mass is 9.99. The molecule has 1 aromatic carbocycles. The molecule has 0 aliphatic carbocycles. The van der Waals surface area contributed by atoms with Crippen molar-refractivity contribution in [2.75, 3.05) is 17.2 Å². The number of nitrogens with one attached hydrogen (secondary N) is 1. The molecular weight excluding hydrogens is 351 g/mol. The largest absolute Gasteiger partial charge is 0.465 e. The zero-order valence-electron chi connectivity index (χ0n) is 14.7. The van der Waals surface area contributed by atoms with Crippen LogP contribution >= 0.6 is 0 Å². The van der Waals surface area contributed by atoms with Crippen LogP contribution < -0.4 is 16.0 Å². The molecule has 0 spiro atoms. The van der Waals surface area contributed by atoms with E-state index in [-0.39, 0.29) is 23.6 Å². The first-order valence-electron chi connectivity index (χ1n) is 8.48. The average molecular weight is 370 g/mol. The topological polar surface area (TPSA) is 128 Å². The van der Waals surface area contributed by atoms with Crippen molar-refractivity contribution in [3.63, 3.8) is 0 Å². The third-order valence-electron chi connectivity index (χ3n) is 4.62. The number of nitrogens with zero attached hydrogens (tertiary/aromatic N) is 4. The number of nitrogens with two attached hydrogens (primary N) is 1. The van der Waals surface area contributed by atoms with Gasteiger partial charge in [-0.25, -0.2) is 14.2 Å². The number of rotatable bonds is 3. The van der Waals surface area contributed by atoms with Gasteiger partial charge in [0.2, 0.25) is 5.95 Å². The van der Waals surface area contributed by atoms with E-state index in [1.165, 1.54) is 12.1 Å². The number of nitriles is 1. The molecule has 3 rings (SSSR count). The Morgan fingerprint density at radius 2 is 2.19 bits per heavy atom. The van der Waals surface area contributed by atoms with E-state index in [0.29, 0.717) is 23.6 Å². The van der Waals surface area contributed by atoms with Gasteiger partial charge in [-0.15, -0.1) is 0 Å². The molecular formula is C18H19FN6O2. The van der Waals surface area contributed by atoms with Gasteiger partial charge in [0.15, 0.2) is 0 Å². The Labute approximate surface area is 155 Å². The second-order valence-corrected chi connectivity index (χ2v) is 6.50. The first kappa shape index (κ1) is 18.4. The third kappa shape index (κ3) is 4.06. The first-order chi connectivity index (χ1) is 12.9. The number of hydrogen-bond acceptors (Lipinski definition) is 6. The standard InChI is InChI=1S/C18H19FN6O2/c1-10-2-5-13(22-18(26)27)9-25(10)16-7-15(23-17(21)24-16)11-3-4-12(8-20)14(19)6-11/h3-4,6-7,10,13,22H,2,5,9H2,1H3,(H,26,27)(H2,21,23,24). The summed E-state index contributed by atoms with van der Waals surface area (Å²) in [5.74, 6) is -0.0507. The molecule has 140 valence electrons. The van der Waals surface area contributed by atoms with Gasteiger partial charge < -0.3 is 21.1 Å². The summed E-state index contributed by atoms with van der Waals surface area (Å²) in [6.45, 7) is 2.47. The van der Waals surface area contributed by atoms with Crippen LogP contribution in [0.1, 0.15) is 25.3 Å². The minimum atomic E-state index is -1.06. The van der Waals surface area contributed by atoms with Crippen molar-refractivity contribution < 1.29 is 14.3 Å². The Bertz CT molecular complexity index is 913. The van der Waals surface area contributed by atoms with E-state index >= 15 is 0 Å². The Hall–Kier alpha value is -3.41. The molecule has 1 aromatic heterocycles. The van der Waals surface area contributed by atoms with Crippen LogP contribution in [0.2, 0.25) is 0 Å². The summed E-state index contributed by atoms with van der Waals surface area (Å²) < 4.78 is 14.0. The Morgan fingerprint density at radius 3 is 2.85 bits per heavy atom. The highest BCUT2D eigenvalue weighted by Crippen LogP contribution is 2.28. The van der Waals surface area contributed by atoms with E-state index in [1.54, 1.807) is 18.2 Å². The molecule has 1 fully saturated rings. The van der Waals surface area contributed by atoms with Crippen LogP contribution in [0, 0.1) is 17.1 Å². The van der Waals surface area contributed by atoms with E-state index in [0.717, 1.165) is 12.8 Å². The van der Waals surface area contributed by atoms with E-state index in [2.05, 4.69) is 15.3 Å². The van der Waals surface area contributed by atoms with Crippen molar-refractivity contribution in [2.24, 2.45) is 0 Å². The lowest BCUT2D eigenvalue weighted by molar-refractivity contribution is 0.187. The van der Waals surface area contributed by atoms with Gasteiger partial charge in [-0.05, 0) is 31.9 Å². The molecule has 9 heteroatoms. The number of carboxylic acid groups (broad SMARTS) is 1. The van der Waals surface area contributed by atoms with Gasteiger partial charge in [-0.3, -0.25) is 0 Å². The van der Waals surface area contributed by atoms with Gasteiger partial charge in [0.05, 0.1) is 11.3 Å². The van der Waals surface area contributed by atoms with Gasteiger partial charge in [-0.2, -0.15) is 10.2 Å². The summed E-state index contributed by atoms with van der Waals surface area (Å²) in [4.78, 5) is 21.3. The number of anilines is 2. The zero-order chi connectivity index (χ0) is 19.6. The van der Waals surface area contributed by atoms with Crippen LogP contribution in [0.25, 0.3) is 11.3 Å². The van der Waals surface area contributed by atoms with E-state index < -0.39 is 11.9 Å². The summed E-state index contributed by atoms with van der Waals surface area (Å²) in [5, 5.41) is 20.3. The van der Waals surface area contributed by atoms with Crippen molar-refractivity contribution in [3.8, 4) is 17.3 Å². The van der Waals surface area contributed by atoms with Gasteiger partial charge >= 0.3 is 6.09 Å². The zero-order valence-corrected chi connectivity index (χ0v) is 14.7. The number of nitrogen functional groups attached to an aromatic ring is 1. The van der Waals surface area contributed by atoms with Crippen LogP contribution in [0.3, 0.4) is 0 Å². The summed E-state index contributed by atoms with van der Waals surface area (Å²) in [6.07, 6.45) is 0.457. The lowest BCUT2D eigenvalue weighted by Crippen LogP contribution is -2.51. The predicted octanol–water partition coefficient (Wildman–Crippen LogP) is 2.36. The number of piperidine rings is 1. The van der Waals surface area contributed by atoms with Crippen LogP contribution in [0.15, 0.2) is 24.3 Å². The van der Waals surface area contributed by atoms with Crippen LogP contribution in [-0.4, -0.2) is 39.8 Å². The number of amides is 1. The minimum absolute atomic E-state index is 0.0350. The SMILES string of the molecule is CC1CCC(NC(=O)O)CN1c1cc(-c2ccc(C#N)c(F)c2)nc(N)n1. The molecule has 1 amide bonds. The molecule has 8 nitrogen and oxygen atoms in total. The Morgan fingerprint density at radius 1 is 1.41 bits per heavy atom. The highest BCUT2D eigenvalue weighted by atomic mass is 19.1. The fraction of sp³-hybridized carbons (Fsp3) is 0.333. The van der Waals surface area contributed by atoms with E-state index in [9.17, 15) is 9.18 Å². The average Bonchev–Trinajstić information content (AvgIpc) is 2.62. The minimum Gasteiger partial charge on any atom is -0.465 e. The second kappa shape index (κ2) is 7.45. The highest BCUT2D eigenvalue weighted by Gasteiger charge is 2.28. The predicted molar refractivity (Wildman–Crippen MR) is 97.5 cm³/mol. The number of hydrogen-bond donors (Lipinski definition) is 3. The molecule has 0 radical (unpaired) electrons. The molecule has 0 bridgehead atoms. The second-order valence-electron chi connectivity index (χ2n) is 6.50. The van der Waals surface area contributed by atoms with Gasteiger partial charge in [0, 0.05) is 30.3 Å². The number of carbonyl (C=O) groups is 1. The van der Waals surface area contributed by atoms with Gasteiger partial charge in [-0.1, -0.05) is 6.07 Å². The van der Waals surface area contributed by atoms with Crippen molar-refractivity contribution in [1.29, 1.82) is 5.26 Å². The third-order valence-corrected chi connectivity index (χ3v) is 4.62. The van der Waals surface area contributed by atoms with Crippen molar-refractivity contribution in [1.82, 2.24) is 15.3 Å². The number of benzene rings is 1. The van der Waals surface area contributed by atoms with E-state index in [1.807, 2.05) is 11.8 Å². The van der Waals surface area contributed by atoms with E-state index in [4.69, 9.17) is 16.1 Å². The molecule has 2 atom stereocenters. The maximum absolute atomic E-state index is 14.0. The fourth-order valence-corrected chi connectivity index (χ4v) is 3.23. The first-order valence-corrected chi connectivity index (χ1v) is 8.48. The Kier molecular flexibility index (Phi) is 5.07. The number of halogens is 1. The maximum Gasteiger partial charge on any atom is 0.404 e. The normalized spacial score (nSPS) is 19.4. The molecule has 4 N–H and O–H groups in total. The highest BCUT2D eigenvalue weighted by molar-refractivity contribution is 5.67. The molecule has 2 aromatic rings. The molecule has 1 saturated heterocycles. The van der Waals surface area contributed by atoms with Crippen LogP contribution in [-0.2, 0) is 0 Å². The molecule has 1 aliphatic heterocycles. The number of aromatic nitrogens is 2. The van der Waals surface area contributed by atoms with Gasteiger partial charge in [0.25, 0.3) is 0 Å². The van der Waals surface area contributed by atoms with Gasteiger partial charge in [0.1, 0.15) is 17.7 Å². The maximum atomic E-state index is 14.0. The van der Waals surface area contributed by atoms with Crippen molar-refractivity contribution in [2.45, 2.75) is 31.8 Å². The van der Waals surface area contributed by atoms with Crippen LogP contribution in [0.5, 0.6) is 0 Å². The summed E-state index contributed by atoms with van der Waals surface area (Å²) in [7, 11) is 0. The fourth-order valence-electron chi connectivity index (χ4n) is 3.23. The van der Waals surface area contributed by atoms with Crippen molar-refractivity contribution in [3.05, 3.63) is 35.6 Å². The molecule has 1 aliphatic rings. The van der Waals surface area contributed by atoms with Crippen molar-refractivity contribution >= 4 is 17.9 Å². The molecule has 0 saturated carbocycles. The molecule has 2 heterocycles. The monoisotopic (exact) mass is 370 g/mol. The quantitative estimate of drug-likeness (QED) is 0.756. The summed E-state index contributed by atoms with van der Waals surface area (Å²) in [6, 6.07) is 7.61.